The lowest BCUT2D eigenvalue weighted by molar-refractivity contribution is 0.260. The summed E-state index contributed by atoms with van der Waals surface area (Å²) in [6, 6.07) is 0.229. The number of benzene rings is 1. The lowest BCUT2D eigenvalue weighted by Crippen LogP contribution is -2.54. The Morgan fingerprint density at radius 3 is 2.73 bits per heavy atom. The zero-order valence-electron chi connectivity index (χ0n) is 14.9. The number of fused-ring (bicyclic) bond motifs is 2. The maximum Gasteiger partial charge on any atom is 0.359 e. The number of anilines is 2. The molecule has 0 aliphatic carbocycles. The summed E-state index contributed by atoms with van der Waals surface area (Å²) in [6.45, 7) is 4.97. The molecule has 2 aromatic rings. The number of nitrogens with zero attached hydrogens (tertiary/aromatic N) is 5. The van der Waals surface area contributed by atoms with E-state index in [1.54, 1.807) is 6.92 Å². The van der Waals surface area contributed by atoms with Crippen LogP contribution in [-0.4, -0.2) is 59.0 Å². The lowest BCUT2D eigenvalue weighted by atomic mass is 10.0. The van der Waals surface area contributed by atoms with Crippen molar-refractivity contribution in [1.29, 1.82) is 0 Å². The van der Waals surface area contributed by atoms with Crippen LogP contribution < -0.4 is 15.5 Å². The molecule has 26 heavy (non-hydrogen) atoms. The van der Waals surface area contributed by atoms with Crippen LogP contribution in [0, 0.1) is 12.7 Å². The van der Waals surface area contributed by atoms with E-state index in [4.69, 9.17) is 11.6 Å². The minimum atomic E-state index is -0.458. The summed E-state index contributed by atoms with van der Waals surface area (Å²) >= 11 is 8.39. The molecule has 1 fully saturated rings. The molecule has 1 saturated heterocycles. The van der Waals surface area contributed by atoms with Crippen molar-refractivity contribution in [2.45, 2.75) is 19.4 Å². The van der Waals surface area contributed by atoms with E-state index in [-0.39, 0.29) is 11.6 Å². The van der Waals surface area contributed by atoms with Crippen LogP contribution in [0.1, 0.15) is 12.0 Å². The molecule has 2 aliphatic heterocycles. The average molecular weight is 492 g/mol. The van der Waals surface area contributed by atoms with Gasteiger partial charge in [-0.3, -0.25) is 0 Å². The Labute approximate surface area is 170 Å². The van der Waals surface area contributed by atoms with Gasteiger partial charge in [-0.1, -0.05) is 11.6 Å². The Morgan fingerprint density at radius 1 is 1.27 bits per heavy atom. The van der Waals surface area contributed by atoms with Gasteiger partial charge in [-0.25, -0.2) is 12.0 Å². The Bertz CT molecular complexity index is 965. The summed E-state index contributed by atoms with van der Waals surface area (Å²) in [5.74, 6) is 0.0990. The first kappa shape index (κ1) is 18.2. The molecule has 0 saturated carbocycles. The van der Waals surface area contributed by atoms with E-state index in [0.717, 1.165) is 38.3 Å². The Morgan fingerprint density at radius 2 is 2.00 bits per heavy atom. The topological polar surface area (TPSA) is 44.6 Å². The molecule has 1 aromatic heterocycles. The first-order valence-corrected chi connectivity index (χ1v) is 9.92. The van der Waals surface area contributed by atoms with Crippen LogP contribution in [-0.2, 0) is 0 Å². The summed E-state index contributed by atoms with van der Waals surface area (Å²) in [6.07, 6.45) is 0.920. The second kappa shape index (κ2) is 6.49. The normalized spacial score (nSPS) is 20.9. The van der Waals surface area contributed by atoms with Gasteiger partial charge in [0.25, 0.3) is 0 Å². The molecule has 140 valence electrons. The van der Waals surface area contributed by atoms with Crippen molar-refractivity contribution < 1.29 is 4.39 Å². The van der Waals surface area contributed by atoms with Crippen molar-refractivity contribution >= 4 is 56.9 Å². The quantitative estimate of drug-likeness (QED) is 0.530. The van der Waals surface area contributed by atoms with E-state index in [2.05, 4.69) is 26.7 Å². The third kappa shape index (κ3) is 2.60. The fourth-order valence-corrected chi connectivity index (χ4v) is 4.91. The van der Waals surface area contributed by atoms with Crippen molar-refractivity contribution in [2.75, 3.05) is 50.1 Å². The number of aromatic nitrogens is 2. The molecule has 9 heteroatoms. The number of hydrogen-bond acceptors (Lipinski definition) is 5. The number of halogens is 3. The second-order valence-corrected chi connectivity index (χ2v) is 8.49. The predicted molar refractivity (Wildman–Crippen MR) is 112 cm³/mol. The molecule has 0 N–H and O–H groups in total. The maximum atomic E-state index is 15.1. The van der Waals surface area contributed by atoms with E-state index in [9.17, 15) is 4.79 Å². The highest BCUT2D eigenvalue weighted by molar-refractivity contribution is 14.1. The third-order valence-corrected chi connectivity index (χ3v) is 6.83. The summed E-state index contributed by atoms with van der Waals surface area (Å²) in [7, 11) is 4.06. The molecule has 0 radical (unpaired) electrons. The van der Waals surface area contributed by atoms with Crippen LogP contribution in [0.5, 0.6) is 0 Å². The zero-order valence-corrected chi connectivity index (χ0v) is 17.8. The molecule has 0 spiro atoms. The second-order valence-electron chi connectivity index (χ2n) is 7.14. The highest BCUT2D eigenvalue weighted by Crippen LogP contribution is 2.44. The molecule has 6 nitrogen and oxygen atoms in total. The highest BCUT2D eigenvalue weighted by atomic mass is 127. The lowest BCUT2D eigenvalue weighted by Gasteiger charge is -2.43. The van der Waals surface area contributed by atoms with Gasteiger partial charge < -0.3 is 14.7 Å². The van der Waals surface area contributed by atoms with Gasteiger partial charge in [-0.15, -0.1) is 0 Å². The van der Waals surface area contributed by atoms with Gasteiger partial charge in [0, 0.05) is 44.8 Å². The van der Waals surface area contributed by atoms with Crippen LogP contribution in [0.25, 0.3) is 10.9 Å². The maximum absolute atomic E-state index is 15.1. The standard InChI is InChI=1S/C17H20ClFIN5O/c1-9-12(18)14-11-15(13(9)19)25(20)17(26)21-16(11)24-7-6-22(2)8-10(24)4-5-23(14)3/h10H,4-8H2,1-3H3. The molecule has 3 heterocycles. The van der Waals surface area contributed by atoms with E-state index >= 15 is 4.39 Å². The van der Waals surface area contributed by atoms with E-state index in [1.807, 2.05) is 29.9 Å². The van der Waals surface area contributed by atoms with Crippen molar-refractivity contribution in [3.8, 4) is 0 Å². The smallest absolute Gasteiger partial charge is 0.359 e. The van der Waals surface area contributed by atoms with Crippen LogP contribution in [0.3, 0.4) is 0 Å². The summed E-state index contributed by atoms with van der Waals surface area (Å²) in [5, 5.41) is 1.02. The number of likely N-dealkylation sites (N-methyl/N-ethyl adjacent to an activating group) is 1. The van der Waals surface area contributed by atoms with E-state index in [0.29, 0.717) is 21.8 Å². The zero-order chi connectivity index (χ0) is 18.7. The van der Waals surface area contributed by atoms with Gasteiger partial charge in [-0.2, -0.15) is 4.98 Å². The minimum Gasteiger partial charge on any atom is -0.373 e. The van der Waals surface area contributed by atoms with Crippen LogP contribution in [0.2, 0.25) is 5.02 Å². The molecule has 4 rings (SSSR count). The van der Waals surface area contributed by atoms with Gasteiger partial charge in [0.15, 0.2) is 5.82 Å². The molecule has 0 amide bonds. The van der Waals surface area contributed by atoms with Gasteiger partial charge >= 0.3 is 5.69 Å². The van der Waals surface area contributed by atoms with Gasteiger partial charge in [0.05, 0.1) is 39.0 Å². The van der Waals surface area contributed by atoms with Crippen molar-refractivity contribution in [1.82, 2.24) is 12.7 Å². The van der Waals surface area contributed by atoms with Crippen LogP contribution >= 0.6 is 34.5 Å². The van der Waals surface area contributed by atoms with Crippen molar-refractivity contribution in [2.24, 2.45) is 0 Å². The fourth-order valence-electron chi connectivity index (χ4n) is 4.02. The highest BCUT2D eigenvalue weighted by Gasteiger charge is 2.34. The summed E-state index contributed by atoms with van der Waals surface area (Å²) in [4.78, 5) is 23.4. The first-order chi connectivity index (χ1) is 12.3. The predicted octanol–water partition coefficient (Wildman–Crippen LogP) is 2.66. The summed E-state index contributed by atoms with van der Waals surface area (Å²) in [5.41, 5.74) is 0.925. The Kier molecular flexibility index (Phi) is 4.55. The minimum absolute atomic E-state index is 0.229. The molecule has 1 aromatic carbocycles. The number of piperazine rings is 1. The Hall–Kier alpha value is -1.13. The van der Waals surface area contributed by atoms with Crippen LogP contribution in [0.4, 0.5) is 15.9 Å². The molecule has 2 aliphatic rings. The molecule has 1 atom stereocenters. The van der Waals surface area contributed by atoms with E-state index < -0.39 is 11.5 Å². The molecule has 1 unspecified atom stereocenters. The fraction of sp³-hybridized carbons (Fsp3) is 0.529. The van der Waals surface area contributed by atoms with E-state index in [1.165, 1.54) is 2.78 Å². The summed E-state index contributed by atoms with van der Waals surface area (Å²) < 4.78 is 16.4. The molecule has 0 bridgehead atoms. The molecular weight excluding hydrogens is 472 g/mol. The van der Waals surface area contributed by atoms with Gasteiger partial charge in [0.1, 0.15) is 11.3 Å². The van der Waals surface area contributed by atoms with Gasteiger partial charge in [-0.05, 0) is 20.4 Å². The SMILES string of the molecule is Cc1c(Cl)c2c3c(nc(=O)n(I)c3c1F)N1CCN(C)CC1CCN2C. The number of rotatable bonds is 0. The first-order valence-electron chi connectivity index (χ1n) is 8.58. The molecular formula is C17H20ClFIN5O. The average Bonchev–Trinajstić information content (AvgIpc) is 2.60. The number of hydrogen-bond donors (Lipinski definition) is 0. The third-order valence-electron chi connectivity index (χ3n) is 5.47. The van der Waals surface area contributed by atoms with Gasteiger partial charge in [0.2, 0.25) is 0 Å². The monoisotopic (exact) mass is 491 g/mol. The Balaban J connectivity index is 2.14. The van der Waals surface area contributed by atoms with Crippen molar-refractivity contribution in [3.63, 3.8) is 0 Å². The van der Waals surface area contributed by atoms with Crippen molar-refractivity contribution in [3.05, 3.63) is 26.9 Å². The largest absolute Gasteiger partial charge is 0.373 e. The van der Waals surface area contributed by atoms with Crippen LogP contribution in [0.15, 0.2) is 4.79 Å².